The fraction of sp³-hybridized carbons (Fsp3) is 0.364. The number of hydrogen-bond acceptors (Lipinski definition) is 6. The highest BCUT2D eigenvalue weighted by Gasteiger charge is 2.25. The summed E-state index contributed by atoms with van der Waals surface area (Å²) >= 11 is 0. The van der Waals surface area contributed by atoms with Crippen molar-refractivity contribution in [1.29, 1.82) is 0 Å². The summed E-state index contributed by atoms with van der Waals surface area (Å²) in [6.07, 6.45) is 0.821. The maximum atomic E-state index is 13.7. The zero-order valence-electron chi connectivity index (χ0n) is 18.7. The summed E-state index contributed by atoms with van der Waals surface area (Å²) in [4.78, 5) is 27.3. The number of para-hydroxylation sites is 1. The summed E-state index contributed by atoms with van der Waals surface area (Å²) in [6, 6.07) is 10.0. The van der Waals surface area contributed by atoms with Crippen molar-refractivity contribution in [1.82, 2.24) is 15.2 Å². The van der Waals surface area contributed by atoms with Gasteiger partial charge in [0, 0.05) is 32.9 Å². The smallest absolute Gasteiger partial charge is 0.279 e. The van der Waals surface area contributed by atoms with Crippen LogP contribution in [0.25, 0.3) is 0 Å². The van der Waals surface area contributed by atoms with Crippen LogP contribution in [0.5, 0.6) is 5.75 Å². The maximum Gasteiger partial charge on any atom is 0.279 e. The number of hydrogen-bond donors (Lipinski definition) is 2. The van der Waals surface area contributed by atoms with E-state index < -0.39 is 33.8 Å². The van der Waals surface area contributed by atoms with E-state index in [1.807, 2.05) is 4.90 Å². The van der Waals surface area contributed by atoms with Crippen molar-refractivity contribution in [2.75, 3.05) is 32.1 Å². The number of ether oxygens (including phenoxy) is 1. The monoisotopic (exact) mass is 478 g/mol. The van der Waals surface area contributed by atoms with Crippen molar-refractivity contribution in [3.05, 3.63) is 53.8 Å². The van der Waals surface area contributed by atoms with Crippen LogP contribution in [0.4, 0.5) is 10.1 Å². The molecular weight excluding hydrogens is 451 g/mol. The van der Waals surface area contributed by atoms with Gasteiger partial charge in [-0.2, -0.15) is 0 Å². The molecule has 1 aliphatic rings. The first-order chi connectivity index (χ1) is 15.6. The zero-order chi connectivity index (χ0) is 24.2. The third-order valence-electron chi connectivity index (χ3n) is 5.25. The van der Waals surface area contributed by atoms with Gasteiger partial charge in [0.25, 0.3) is 11.8 Å². The molecule has 0 radical (unpaired) electrons. The highest BCUT2D eigenvalue weighted by atomic mass is 32.2. The molecule has 1 fully saturated rings. The van der Waals surface area contributed by atoms with Crippen LogP contribution in [-0.4, -0.2) is 57.8 Å². The Hall–Kier alpha value is -3.18. The molecule has 9 nitrogen and oxygen atoms in total. The second-order valence-electron chi connectivity index (χ2n) is 7.79. The summed E-state index contributed by atoms with van der Waals surface area (Å²) in [7, 11) is -0.958. The predicted octanol–water partition coefficient (Wildman–Crippen LogP) is 1.90. The SMILES string of the molecule is C[C@@H](Oc1ccccc1F)C(=O)NNC(=O)c1cc(S(=O)(=O)N(C)C)ccc1N1CCCC1. The number of carbonyl (C=O) groups is 2. The first kappa shape index (κ1) is 24.5. The first-order valence-corrected chi connectivity index (χ1v) is 11.9. The van der Waals surface area contributed by atoms with Crippen LogP contribution in [0.15, 0.2) is 47.4 Å². The number of hydrazine groups is 1. The van der Waals surface area contributed by atoms with Crippen molar-refractivity contribution < 1.29 is 27.1 Å². The molecule has 0 spiro atoms. The highest BCUT2D eigenvalue weighted by molar-refractivity contribution is 7.89. The topological polar surface area (TPSA) is 108 Å². The third-order valence-corrected chi connectivity index (χ3v) is 7.06. The number of sulfonamides is 1. The Bertz CT molecular complexity index is 1130. The second kappa shape index (κ2) is 10.2. The van der Waals surface area contributed by atoms with Crippen LogP contribution < -0.4 is 20.5 Å². The summed E-state index contributed by atoms with van der Waals surface area (Å²) in [5, 5.41) is 0. The molecule has 0 saturated carbocycles. The Morgan fingerprint density at radius 1 is 1.09 bits per heavy atom. The number of anilines is 1. The van der Waals surface area contributed by atoms with Gasteiger partial charge in [0.15, 0.2) is 17.7 Å². The average molecular weight is 479 g/mol. The van der Waals surface area contributed by atoms with Gasteiger partial charge in [0.2, 0.25) is 10.0 Å². The van der Waals surface area contributed by atoms with Crippen LogP contribution in [0.1, 0.15) is 30.1 Å². The van der Waals surface area contributed by atoms with E-state index in [0.717, 1.165) is 30.2 Å². The van der Waals surface area contributed by atoms with Crippen LogP contribution in [-0.2, 0) is 14.8 Å². The molecule has 0 aliphatic carbocycles. The fourth-order valence-corrected chi connectivity index (χ4v) is 4.30. The second-order valence-corrected chi connectivity index (χ2v) is 9.95. The average Bonchev–Trinajstić information content (AvgIpc) is 3.33. The van der Waals surface area contributed by atoms with Crippen LogP contribution in [0.3, 0.4) is 0 Å². The normalized spacial score (nSPS) is 14.8. The largest absolute Gasteiger partial charge is 0.478 e. The molecular formula is C22H27FN4O5S. The lowest BCUT2D eigenvalue weighted by molar-refractivity contribution is -0.128. The van der Waals surface area contributed by atoms with Gasteiger partial charge in [-0.1, -0.05) is 12.1 Å². The number of benzene rings is 2. The predicted molar refractivity (Wildman–Crippen MR) is 121 cm³/mol. The van der Waals surface area contributed by atoms with Gasteiger partial charge >= 0.3 is 0 Å². The fourth-order valence-electron chi connectivity index (χ4n) is 3.37. The van der Waals surface area contributed by atoms with E-state index in [0.29, 0.717) is 5.69 Å². The third kappa shape index (κ3) is 5.60. The molecule has 1 heterocycles. The van der Waals surface area contributed by atoms with E-state index in [9.17, 15) is 22.4 Å². The van der Waals surface area contributed by atoms with E-state index in [1.165, 1.54) is 51.4 Å². The number of carbonyl (C=O) groups excluding carboxylic acids is 2. The Morgan fingerprint density at radius 3 is 2.39 bits per heavy atom. The molecule has 0 aromatic heterocycles. The molecule has 1 saturated heterocycles. The number of halogens is 1. The molecule has 178 valence electrons. The summed E-state index contributed by atoms with van der Waals surface area (Å²) in [6.45, 7) is 2.88. The Balaban J connectivity index is 1.77. The van der Waals surface area contributed by atoms with E-state index in [4.69, 9.17) is 4.74 Å². The molecule has 2 amide bonds. The van der Waals surface area contributed by atoms with Gasteiger partial charge in [-0.15, -0.1) is 0 Å². The minimum absolute atomic E-state index is 0.0387. The summed E-state index contributed by atoms with van der Waals surface area (Å²) in [5.41, 5.74) is 5.25. The van der Waals surface area contributed by atoms with Crippen LogP contribution >= 0.6 is 0 Å². The lowest BCUT2D eigenvalue weighted by Crippen LogP contribution is -2.47. The minimum Gasteiger partial charge on any atom is -0.478 e. The van der Waals surface area contributed by atoms with Gasteiger partial charge in [-0.05, 0) is 50.1 Å². The quantitative estimate of drug-likeness (QED) is 0.589. The molecule has 1 aliphatic heterocycles. The van der Waals surface area contributed by atoms with Gasteiger partial charge in [0.05, 0.1) is 10.5 Å². The molecule has 2 N–H and O–H groups in total. The minimum atomic E-state index is -3.76. The zero-order valence-corrected chi connectivity index (χ0v) is 19.5. The number of nitrogens with zero attached hydrogens (tertiary/aromatic N) is 2. The van der Waals surface area contributed by atoms with Crippen molar-refractivity contribution in [3.8, 4) is 5.75 Å². The molecule has 0 unspecified atom stereocenters. The number of rotatable bonds is 7. The van der Waals surface area contributed by atoms with Crippen LogP contribution in [0.2, 0.25) is 0 Å². The number of nitrogens with one attached hydrogen (secondary N) is 2. The lowest BCUT2D eigenvalue weighted by atomic mass is 10.1. The van der Waals surface area contributed by atoms with E-state index in [1.54, 1.807) is 12.1 Å². The summed E-state index contributed by atoms with van der Waals surface area (Å²) in [5.74, 6) is -2.09. The van der Waals surface area contributed by atoms with E-state index in [-0.39, 0.29) is 16.2 Å². The van der Waals surface area contributed by atoms with Gasteiger partial charge in [-0.3, -0.25) is 20.4 Å². The van der Waals surface area contributed by atoms with E-state index >= 15 is 0 Å². The molecule has 2 aromatic carbocycles. The van der Waals surface area contributed by atoms with E-state index in [2.05, 4.69) is 10.9 Å². The van der Waals surface area contributed by atoms with Crippen molar-refractivity contribution in [2.45, 2.75) is 30.8 Å². The summed E-state index contributed by atoms with van der Waals surface area (Å²) < 4.78 is 45.2. The molecule has 0 bridgehead atoms. The Labute approximate surface area is 192 Å². The van der Waals surface area contributed by atoms with Crippen molar-refractivity contribution in [3.63, 3.8) is 0 Å². The van der Waals surface area contributed by atoms with Gasteiger partial charge in [0.1, 0.15) is 0 Å². The van der Waals surface area contributed by atoms with Gasteiger partial charge in [-0.25, -0.2) is 17.1 Å². The first-order valence-electron chi connectivity index (χ1n) is 10.4. The lowest BCUT2D eigenvalue weighted by Gasteiger charge is -2.22. The highest BCUT2D eigenvalue weighted by Crippen LogP contribution is 2.28. The maximum absolute atomic E-state index is 13.7. The molecule has 11 heteroatoms. The van der Waals surface area contributed by atoms with Gasteiger partial charge < -0.3 is 9.64 Å². The van der Waals surface area contributed by atoms with Crippen molar-refractivity contribution >= 4 is 27.5 Å². The molecule has 2 aromatic rings. The molecule has 1 atom stereocenters. The van der Waals surface area contributed by atoms with Crippen LogP contribution in [0, 0.1) is 5.82 Å². The van der Waals surface area contributed by atoms with Crippen molar-refractivity contribution in [2.24, 2.45) is 0 Å². The molecule has 33 heavy (non-hydrogen) atoms. The molecule has 3 rings (SSSR count). The Morgan fingerprint density at radius 2 is 1.76 bits per heavy atom. The Kier molecular flexibility index (Phi) is 7.54. The standard InChI is InChI=1S/C22H27FN4O5S/c1-15(32-20-9-5-4-8-18(20)23)21(28)24-25-22(29)17-14-16(33(30,31)26(2)3)10-11-19(17)27-12-6-7-13-27/h4-5,8-11,14-15H,6-7,12-13H2,1-3H3,(H,24,28)(H,25,29)/t15-/m1/s1. The number of amides is 2.